The van der Waals surface area contributed by atoms with Crippen LogP contribution in [0.1, 0.15) is 5.56 Å². The predicted octanol–water partition coefficient (Wildman–Crippen LogP) is 3.65. The molecule has 0 aliphatic carbocycles. The Labute approximate surface area is 150 Å². The van der Waals surface area contributed by atoms with E-state index in [0.717, 1.165) is 21.5 Å². The second-order valence-corrected chi connectivity index (χ2v) is 5.76. The van der Waals surface area contributed by atoms with Crippen LogP contribution in [0.4, 0.5) is 0 Å². The Kier molecular flexibility index (Phi) is 4.75. The lowest BCUT2D eigenvalue weighted by Gasteiger charge is -2.16. The van der Waals surface area contributed by atoms with Gasteiger partial charge in [0.05, 0.1) is 34.9 Å². The lowest BCUT2D eigenvalue weighted by Crippen LogP contribution is -2.02. The van der Waals surface area contributed by atoms with E-state index >= 15 is 0 Å². The molecule has 3 aromatic carbocycles. The van der Waals surface area contributed by atoms with Crippen LogP contribution in [0, 0.1) is 0 Å². The second-order valence-electron chi connectivity index (χ2n) is 5.76. The van der Waals surface area contributed by atoms with Crippen LogP contribution in [0.2, 0.25) is 0 Å². The molecule has 0 aromatic heterocycles. The van der Waals surface area contributed by atoms with Crippen LogP contribution in [0.3, 0.4) is 0 Å². The quantitative estimate of drug-likeness (QED) is 0.680. The van der Waals surface area contributed by atoms with Crippen molar-refractivity contribution in [2.75, 3.05) is 28.4 Å². The molecule has 3 aromatic rings. The third-order valence-corrected chi connectivity index (χ3v) is 4.40. The molecular weight excluding hydrogens is 336 g/mol. The van der Waals surface area contributed by atoms with Gasteiger partial charge in [0, 0.05) is 5.39 Å². The van der Waals surface area contributed by atoms with Gasteiger partial charge in [-0.1, -0.05) is 0 Å². The topological polar surface area (TPSA) is 74.2 Å². The summed E-state index contributed by atoms with van der Waals surface area (Å²) in [5, 5.41) is 12.7. The normalized spacial score (nSPS) is 10.8. The molecule has 0 heterocycles. The van der Waals surface area contributed by atoms with Gasteiger partial charge in [-0.15, -0.1) is 0 Å². The van der Waals surface area contributed by atoms with E-state index in [1.807, 2.05) is 30.3 Å². The lowest BCUT2D eigenvalue weighted by atomic mass is 9.94. The fraction of sp³-hybridized carbons (Fsp3) is 0.250. The van der Waals surface area contributed by atoms with Crippen LogP contribution in [-0.2, 0) is 11.2 Å². The van der Waals surface area contributed by atoms with Crippen molar-refractivity contribution >= 4 is 27.5 Å². The molecule has 0 fully saturated rings. The first kappa shape index (κ1) is 17.7. The molecule has 26 heavy (non-hydrogen) atoms. The van der Waals surface area contributed by atoms with Crippen molar-refractivity contribution in [1.82, 2.24) is 0 Å². The van der Waals surface area contributed by atoms with Crippen molar-refractivity contribution in [2.45, 2.75) is 6.42 Å². The zero-order valence-corrected chi connectivity index (χ0v) is 15.1. The number of methoxy groups -OCH3 is 4. The third-order valence-electron chi connectivity index (χ3n) is 4.40. The average molecular weight is 356 g/mol. The van der Waals surface area contributed by atoms with Gasteiger partial charge in [0.2, 0.25) is 0 Å². The molecule has 0 atom stereocenters. The fourth-order valence-corrected chi connectivity index (χ4v) is 3.26. The Morgan fingerprint density at radius 3 is 1.92 bits per heavy atom. The highest BCUT2D eigenvalue weighted by molar-refractivity contribution is 6.13. The van der Waals surface area contributed by atoms with Crippen LogP contribution >= 0.6 is 0 Å². The van der Waals surface area contributed by atoms with E-state index in [-0.39, 0.29) is 6.42 Å². The van der Waals surface area contributed by atoms with Gasteiger partial charge in [-0.05, 0) is 52.1 Å². The summed E-state index contributed by atoms with van der Waals surface area (Å²) in [6.07, 6.45) is -0.123. The smallest absolute Gasteiger partial charge is 0.307 e. The van der Waals surface area contributed by atoms with Crippen LogP contribution in [0.25, 0.3) is 21.5 Å². The van der Waals surface area contributed by atoms with Crippen molar-refractivity contribution in [1.29, 1.82) is 0 Å². The van der Waals surface area contributed by atoms with E-state index in [4.69, 9.17) is 18.9 Å². The highest BCUT2D eigenvalue weighted by atomic mass is 16.5. The van der Waals surface area contributed by atoms with Crippen molar-refractivity contribution < 1.29 is 28.8 Å². The summed E-state index contributed by atoms with van der Waals surface area (Å²) in [4.78, 5) is 11.4. The molecule has 0 saturated heterocycles. The maximum atomic E-state index is 11.4. The first-order valence-corrected chi connectivity index (χ1v) is 7.98. The van der Waals surface area contributed by atoms with Crippen LogP contribution in [0.15, 0.2) is 30.3 Å². The summed E-state index contributed by atoms with van der Waals surface area (Å²) < 4.78 is 21.7. The minimum atomic E-state index is -0.915. The SMILES string of the molecule is COc1cc2c(CC(=O)O)cc3c(OC)c(OC)ccc3c2cc1OC. The number of hydrogen-bond donors (Lipinski definition) is 1. The molecule has 0 saturated carbocycles. The number of carboxylic acids is 1. The van der Waals surface area contributed by atoms with E-state index in [2.05, 4.69) is 0 Å². The van der Waals surface area contributed by atoms with Crippen LogP contribution in [-0.4, -0.2) is 39.5 Å². The lowest BCUT2D eigenvalue weighted by molar-refractivity contribution is -0.136. The zero-order chi connectivity index (χ0) is 18.8. The van der Waals surface area contributed by atoms with Crippen molar-refractivity contribution in [2.24, 2.45) is 0 Å². The number of ether oxygens (including phenoxy) is 4. The van der Waals surface area contributed by atoms with Gasteiger partial charge in [-0.25, -0.2) is 0 Å². The Hall–Kier alpha value is -3.15. The third kappa shape index (κ3) is 2.83. The summed E-state index contributed by atoms with van der Waals surface area (Å²) in [6.45, 7) is 0. The molecular formula is C20H20O6. The van der Waals surface area contributed by atoms with E-state index in [1.165, 1.54) is 0 Å². The second kappa shape index (κ2) is 7.00. The first-order valence-electron chi connectivity index (χ1n) is 7.98. The van der Waals surface area contributed by atoms with Gasteiger partial charge in [-0.2, -0.15) is 0 Å². The molecule has 0 spiro atoms. The van der Waals surface area contributed by atoms with Gasteiger partial charge in [0.15, 0.2) is 23.0 Å². The van der Waals surface area contributed by atoms with Gasteiger partial charge in [-0.3, -0.25) is 4.79 Å². The van der Waals surface area contributed by atoms with Gasteiger partial charge in [0.1, 0.15) is 0 Å². The highest BCUT2D eigenvalue weighted by Crippen LogP contribution is 2.43. The van der Waals surface area contributed by atoms with E-state index in [0.29, 0.717) is 28.6 Å². The molecule has 0 unspecified atom stereocenters. The molecule has 0 bridgehead atoms. The zero-order valence-electron chi connectivity index (χ0n) is 15.1. The Bertz CT molecular complexity index is 993. The number of hydrogen-bond acceptors (Lipinski definition) is 5. The maximum absolute atomic E-state index is 11.4. The van der Waals surface area contributed by atoms with Gasteiger partial charge >= 0.3 is 5.97 Å². The number of benzene rings is 3. The number of carbonyl (C=O) groups is 1. The first-order chi connectivity index (χ1) is 12.5. The van der Waals surface area contributed by atoms with E-state index in [9.17, 15) is 9.90 Å². The molecule has 0 aliphatic rings. The largest absolute Gasteiger partial charge is 0.493 e. The molecule has 0 aliphatic heterocycles. The summed E-state index contributed by atoms with van der Waals surface area (Å²) in [7, 11) is 6.25. The summed E-state index contributed by atoms with van der Waals surface area (Å²) >= 11 is 0. The van der Waals surface area contributed by atoms with E-state index in [1.54, 1.807) is 28.4 Å². The Morgan fingerprint density at radius 1 is 0.769 bits per heavy atom. The monoisotopic (exact) mass is 356 g/mol. The number of carboxylic acid groups (broad SMARTS) is 1. The van der Waals surface area contributed by atoms with Crippen LogP contribution in [0.5, 0.6) is 23.0 Å². The number of aliphatic carboxylic acids is 1. The molecule has 3 rings (SSSR count). The number of fused-ring (bicyclic) bond motifs is 3. The molecule has 0 radical (unpaired) electrons. The maximum Gasteiger partial charge on any atom is 0.307 e. The standard InChI is InChI=1S/C20H20O6/c1-23-16-6-5-12-14-10-18(25-3)17(24-2)9-13(14)11(8-19(21)22)7-15(12)20(16)26-4/h5-7,9-10H,8H2,1-4H3,(H,21,22). The van der Waals surface area contributed by atoms with Crippen molar-refractivity contribution in [3.05, 3.63) is 35.9 Å². The summed E-state index contributed by atoms with van der Waals surface area (Å²) in [5.74, 6) is 1.35. The fourth-order valence-electron chi connectivity index (χ4n) is 3.26. The van der Waals surface area contributed by atoms with Crippen LogP contribution < -0.4 is 18.9 Å². The van der Waals surface area contributed by atoms with Crippen molar-refractivity contribution in [3.63, 3.8) is 0 Å². The summed E-state index contributed by atoms with van der Waals surface area (Å²) in [5.41, 5.74) is 0.660. The molecule has 6 heteroatoms. The van der Waals surface area contributed by atoms with Crippen molar-refractivity contribution in [3.8, 4) is 23.0 Å². The van der Waals surface area contributed by atoms with Gasteiger partial charge in [0.25, 0.3) is 0 Å². The Morgan fingerprint density at radius 2 is 1.38 bits per heavy atom. The molecule has 1 N–H and O–H groups in total. The average Bonchev–Trinajstić information content (AvgIpc) is 2.65. The highest BCUT2D eigenvalue weighted by Gasteiger charge is 2.18. The Balaban J connectivity index is 2.49. The molecule has 0 amide bonds. The van der Waals surface area contributed by atoms with Gasteiger partial charge < -0.3 is 24.1 Å². The summed E-state index contributed by atoms with van der Waals surface area (Å²) in [6, 6.07) is 9.25. The predicted molar refractivity (Wildman–Crippen MR) is 99.0 cm³/mol. The molecule has 6 nitrogen and oxygen atoms in total. The minimum Gasteiger partial charge on any atom is -0.493 e. The van der Waals surface area contributed by atoms with E-state index < -0.39 is 5.97 Å². The number of rotatable bonds is 6. The molecule has 136 valence electrons. The minimum absolute atomic E-state index is 0.123.